The standard InChI is InChI=1S/C20H29ClN4/c1-6-19(23-15(3)24(4)5)16-7-9-25(10-8-16)20-12-17(21)11-14(2)18(20)13-22/h6,11-13,16,19,22-23H,1,3,7-10H2,2,4-5H3. The summed E-state index contributed by atoms with van der Waals surface area (Å²) in [5, 5.41) is 11.9. The molecular weight excluding hydrogens is 332 g/mol. The van der Waals surface area contributed by atoms with Crippen molar-refractivity contribution in [2.45, 2.75) is 25.8 Å². The predicted octanol–water partition coefficient (Wildman–Crippen LogP) is 4.04. The van der Waals surface area contributed by atoms with E-state index in [1.165, 1.54) is 6.21 Å². The van der Waals surface area contributed by atoms with Gasteiger partial charge in [-0.2, -0.15) is 0 Å². The Morgan fingerprint density at radius 1 is 1.40 bits per heavy atom. The third kappa shape index (κ3) is 4.57. The molecule has 0 bridgehead atoms. The SMILES string of the molecule is C=CC(NC(=C)N(C)C)C1CCN(c2cc(Cl)cc(C)c2C=N)CC1. The first-order chi connectivity index (χ1) is 11.9. The number of hydrogen-bond donors (Lipinski definition) is 2. The molecule has 1 heterocycles. The van der Waals surface area contributed by atoms with E-state index in [9.17, 15) is 0 Å². The zero-order valence-corrected chi connectivity index (χ0v) is 16.2. The van der Waals surface area contributed by atoms with Crippen molar-refractivity contribution >= 4 is 23.5 Å². The molecule has 5 heteroatoms. The number of piperidine rings is 1. The molecule has 136 valence electrons. The van der Waals surface area contributed by atoms with Crippen molar-refractivity contribution < 1.29 is 0 Å². The second-order valence-corrected chi connectivity index (χ2v) is 7.31. The number of aryl methyl sites for hydroxylation is 1. The predicted molar refractivity (Wildman–Crippen MR) is 109 cm³/mol. The fraction of sp³-hybridized carbons (Fsp3) is 0.450. The van der Waals surface area contributed by atoms with E-state index in [-0.39, 0.29) is 6.04 Å². The van der Waals surface area contributed by atoms with Crippen LogP contribution in [0.1, 0.15) is 24.0 Å². The molecule has 1 atom stereocenters. The van der Waals surface area contributed by atoms with Crippen LogP contribution in [0, 0.1) is 18.3 Å². The number of benzene rings is 1. The van der Waals surface area contributed by atoms with E-state index < -0.39 is 0 Å². The molecule has 0 saturated carbocycles. The number of anilines is 1. The van der Waals surface area contributed by atoms with Gasteiger partial charge in [0.25, 0.3) is 0 Å². The van der Waals surface area contributed by atoms with Crippen LogP contribution in [-0.4, -0.2) is 44.3 Å². The van der Waals surface area contributed by atoms with Crippen LogP contribution in [0.3, 0.4) is 0 Å². The largest absolute Gasteiger partial charge is 0.371 e. The van der Waals surface area contributed by atoms with E-state index in [0.29, 0.717) is 5.92 Å². The molecule has 1 fully saturated rings. The summed E-state index contributed by atoms with van der Waals surface area (Å²) in [6.45, 7) is 12.0. The van der Waals surface area contributed by atoms with Crippen LogP contribution < -0.4 is 10.2 Å². The average molecular weight is 361 g/mol. The molecular formula is C20H29ClN4. The topological polar surface area (TPSA) is 42.4 Å². The lowest BCUT2D eigenvalue weighted by molar-refractivity contribution is 0.324. The summed E-state index contributed by atoms with van der Waals surface area (Å²) in [7, 11) is 3.97. The van der Waals surface area contributed by atoms with Crippen molar-refractivity contribution in [2.24, 2.45) is 5.92 Å². The van der Waals surface area contributed by atoms with Gasteiger partial charge >= 0.3 is 0 Å². The third-order valence-electron chi connectivity index (χ3n) is 4.99. The van der Waals surface area contributed by atoms with E-state index >= 15 is 0 Å². The molecule has 2 rings (SSSR count). The van der Waals surface area contributed by atoms with Crippen molar-refractivity contribution in [1.82, 2.24) is 10.2 Å². The Bertz CT molecular complexity index is 645. The number of hydrogen-bond acceptors (Lipinski definition) is 4. The molecule has 25 heavy (non-hydrogen) atoms. The highest BCUT2D eigenvalue weighted by molar-refractivity contribution is 6.31. The zero-order valence-electron chi connectivity index (χ0n) is 15.5. The maximum atomic E-state index is 7.74. The Morgan fingerprint density at radius 3 is 2.56 bits per heavy atom. The van der Waals surface area contributed by atoms with Crippen molar-refractivity contribution in [3.8, 4) is 0 Å². The van der Waals surface area contributed by atoms with Gasteiger partial charge in [-0.3, -0.25) is 0 Å². The second-order valence-electron chi connectivity index (χ2n) is 6.87. The van der Waals surface area contributed by atoms with Gasteiger partial charge in [0.15, 0.2) is 0 Å². The van der Waals surface area contributed by atoms with Gasteiger partial charge in [-0.15, -0.1) is 6.58 Å². The van der Waals surface area contributed by atoms with Crippen LogP contribution in [0.25, 0.3) is 0 Å². The molecule has 0 radical (unpaired) electrons. The third-order valence-corrected chi connectivity index (χ3v) is 5.21. The molecule has 1 saturated heterocycles. The summed E-state index contributed by atoms with van der Waals surface area (Å²) in [6, 6.07) is 4.12. The second kappa shape index (κ2) is 8.43. The molecule has 2 N–H and O–H groups in total. The normalized spacial score (nSPS) is 16.2. The van der Waals surface area contributed by atoms with Crippen LogP contribution >= 0.6 is 11.6 Å². The number of rotatable bonds is 7. The fourth-order valence-corrected chi connectivity index (χ4v) is 3.64. The minimum absolute atomic E-state index is 0.223. The van der Waals surface area contributed by atoms with E-state index in [1.807, 2.05) is 44.1 Å². The highest BCUT2D eigenvalue weighted by atomic mass is 35.5. The van der Waals surface area contributed by atoms with Crippen molar-refractivity contribution in [1.29, 1.82) is 5.41 Å². The number of nitrogens with one attached hydrogen (secondary N) is 2. The van der Waals surface area contributed by atoms with Crippen LogP contribution in [0.15, 0.2) is 37.2 Å². The summed E-state index contributed by atoms with van der Waals surface area (Å²) in [5.41, 5.74) is 3.08. The Balaban J connectivity index is 2.08. The summed E-state index contributed by atoms with van der Waals surface area (Å²) in [5.74, 6) is 1.43. The van der Waals surface area contributed by atoms with Crippen LogP contribution in [0.2, 0.25) is 5.02 Å². The van der Waals surface area contributed by atoms with Crippen molar-refractivity contribution in [2.75, 3.05) is 32.1 Å². The summed E-state index contributed by atoms with van der Waals surface area (Å²) in [6.07, 6.45) is 5.55. The maximum absolute atomic E-state index is 7.74. The lowest BCUT2D eigenvalue weighted by Crippen LogP contribution is -2.44. The van der Waals surface area contributed by atoms with E-state index in [1.54, 1.807) is 0 Å². The van der Waals surface area contributed by atoms with Gasteiger partial charge in [0, 0.05) is 55.7 Å². The van der Waals surface area contributed by atoms with Gasteiger partial charge in [0.2, 0.25) is 0 Å². The highest BCUT2D eigenvalue weighted by Crippen LogP contribution is 2.31. The van der Waals surface area contributed by atoms with Gasteiger partial charge in [-0.1, -0.05) is 24.3 Å². The van der Waals surface area contributed by atoms with E-state index in [0.717, 1.165) is 53.6 Å². The van der Waals surface area contributed by atoms with E-state index in [4.69, 9.17) is 17.0 Å². The molecule has 0 aliphatic carbocycles. The number of halogens is 1. The van der Waals surface area contributed by atoms with Crippen LogP contribution in [-0.2, 0) is 0 Å². The molecule has 1 aromatic carbocycles. The first-order valence-electron chi connectivity index (χ1n) is 8.68. The molecule has 0 aromatic heterocycles. The molecule has 0 spiro atoms. The fourth-order valence-electron chi connectivity index (χ4n) is 3.38. The molecule has 1 aliphatic heterocycles. The first-order valence-corrected chi connectivity index (χ1v) is 9.06. The van der Waals surface area contributed by atoms with Gasteiger partial charge < -0.3 is 20.5 Å². The summed E-state index contributed by atoms with van der Waals surface area (Å²) < 4.78 is 0. The van der Waals surface area contributed by atoms with Crippen molar-refractivity contribution in [3.05, 3.63) is 53.3 Å². The first kappa shape index (κ1) is 19.4. The minimum Gasteiger partial charge on any atom is -0.371 e. The molecule has 1 aliphatic rings. The summed E-state index contributed by atoms with van der Waals surface area (Å²) in [4.78, 5) is 4.33. The highest BCUT2D eigenvalue weighted by Gasteiger charge is 2.26. The lowest BCUT2D eigenvalue weighted by atomic mass is 9.88. The zero-order chi connectivity index (χ0) is 18.6. The van der Waals surface area contributed by atoms with Crippen molar-refractivity contribution in [3.63, 3.8) is 0 Å². The van der Waals surface area contributed by atoms with Gasteiger partial charge in [-0.05, 0) is 43.4 Å². The van der Waals surface area contributed by atoms with Crippen LogP contribution in [0.5, 0.6) is 0 Å². The Kier molecular flexibility index (Phi) is 6.54. The average Bonchev–Trinajstić information content (AvgIpc) is 2.59. The smallest absolute Gasteiger partial charge is 0.0938 e. The Labute approximate surface area is 156 Å². The van der Waals surface area contributed by atoms with Gasteiger partial charge in [0.1, 0.15) is 0 Å². The number of nitrogens with zero attached hydrogens (tertiary/aromatic N) is 2. The molecule has 4 nitrogen and oxygen atoms in total. The summed E-state index contributed by atoms with van der Waals surface area (Å²) >= 11 is 6.25. The molecule has 0 amide bonds. The van der Waals surface area contributed by atoms with Crippen LogP contribution in [0.4, 0.5) is 5.69 Å². The quantitative estimate of drug-likeness (QED) is 0.569. The minimum atomic E-state index is 0.223. The van der Waals surface area contributed by atoms with E-state index in [2.05, 4.69) is 23.4 Å². The van der Waals surface area contributed by atoms with Gasteiger partial charge in [-0.25, -0.2) is 0 Å². The Hall–Kier alpha value is -1.94. The Morgan fingerprint density at radius 2 is 2.04 bits per heavy atom. The lowest BCUT2D eigenvalue weighted by Gasteiger charge is -2.38. The molecule has 1 aromatic rings. The monoisotopic (exact) mass is 360 g/mol. The maximum Gasteiger partial charge on any atom is 0.0938 e. The van der Waals surface area contributed by atoms with Gasteiger partial charge in [0.05, 0.1) is 5.82 Å². The molecule has 1 unspecified atom stereocenters.